The molecule has 0 spiro atoms. The number of rotatable bonds is 0. The van der Waals surface area contributed by atoms with Crippen LogP contribution in [0.3, 0.4) is 0 Å². The fourth-order valence-electron chi connectivity index (χ4n) is 1.28. The van der Waals surface area contributed by atoms with Crippen LogP contribution in [0.1, 0.15) is 25.6 Å². The molecule has 0 unspecified atom stereocenters. The smallest absolute Gasteiger partial charge is 0.105 e. The molecule has 0 saturated carbocycles. The molecule has 0 amide bonds. The molecule has 0 aliphatic rings. The molecule has 2 aromatic heterocycles. The highest BCUT2D eigenvalue weighted by molar-refractivity contribution is 7.07. The molecule has 0 bridgehead atoms. The molecule has 2 aromatic rings. The maximum atomic E-state index is 4.36. The van der Waals surface area contributed by atoms with Crippen molar-refractivity contribution in [3.05, 3.63) is 23.2 Å². The lowest BCUT2D eigenvalue weighted by molar-refractivity contribution is 0.607. The molecule has 0 fully saturated rings. The summed E-state index contributed by atoms with van der Waals surface area (Å²) in [5.74, 6) is 0. The van der Waals surface area contributed by atoms with Gasteiger partial charge >= 0.3 is 0 Å². The second kappa shape index (κ2) is 2.77. The molecule has 0 aromatic carbocycles. The van der Waals surface area contributed by atoms with Crippen molar-refractivity contribution in [1.82, 2.24) is 9.36 Å². The van der Waals surface area contributed by atoms with E-state index in [1.807, 2.05) is 18.3 Å². The number of nitrogens with zero attached hydrogens (tertiary/aromatic N) is 2. The van der Waals surface area contributed by atoms with E-state index < -0.39 is 0 Å². The van der Waals surface area contributed by atoms with E-state index in [-0.39, 0.29) is 5.41 Å². The number of hydrogen-bond acceptors (Lipinski definition) is 3. The zero-order valence-corrected chi connectivity index (χ0v) is 8.85. The van der Waals surface area contributed by atoms with E-state index in [1.165, 1.54) is 4.88 Å². The van der Waals surface area contributed by atoms with Crippen molar-refractivity contribution in [2.24, 2.45) is 0 Å². The first-order valence-electron chi connectivity index (χ1n) is 4.30. The number of hydrogen-bond donors (Lipinski definition) is 0. The van der Waals surface area contributed by atoms with Gasteiger partial charge in [-0.1, -0.05) is 20.8 Å². The Morgan fingerprint density at radius 3 is 2.77 bits per heavy atom. The first-order valence-corrected chi connectivity index (χ1v) is 5.07. The van der Waals surface area contributed by atoms with Crippen LogP contribution in [-0.2, 0) is 5.41 Å². The van der Waals surface area contributed by atoms with Gasteiger partial charge in [0.15, 0.2) is 0 Å². The monoisotopic (exact) mass is 192 g/mol. The quantitative estimate of drug-likeness (QED) is 0.641. The first kappa shape index (κ1) is 8.63. The Labute approximate surface area is 81.8 Å². The van der Waals surface area contributed by atoms with Crippen molar-refractivity contribution in [2.75, 3.05) is 0 Å². The van der Waals surface area contributed by atoms with E-state index in [2.05, 4.69) is 30.1 Å². The van der Waals surface area contributed by atoms with Crippen LogP contribution in [0.25, 0.3) is 11.0 Å². The summed E-state index contributed by atoms with van der Waals surface area (Å²) in [7, 11) is 0. The molecule has 2 rings (SSSR count). The lowest BCUT2D eigenvalue weighted by Gasteiger charge is -2.14. The van der Waals surface area contributed by atoms with Crippen molar-refractivity contribution in [3.63, 3.8) is 0 Å². The summed E-state index contributed by atoms with van der Waals surface area (Å²) in [5.41, 5.74) is 2.21. The van der Waals surface area contributed by atoms with Gasteiger partial charge in [0.1, 0.15) is 11.0 Å². The Morgan fingerprint density at radius 1 is 1.31 bits per heavy atom. The van der Waals surface area contributed by atoms with Crippen LogP contribution in [0.4, 0.5) is 0 Å². The predicted octanol–water partition coefficient (Wildman–Crippen LogP) is 2.99. The van der Waals surface area contributed by atoms with Crippen molar-refractivity contribution < 1.29 is 0 Å². The lowest BCUT2D eigenvalue weighted by Crippen LogP contribution is -2.09. The Balaban J connectivity index is 2.72. The summed E-state index contributed by atoms with van der Waals surface area (Å²) in [4.78, 5) is 5.62. The largest absolute Gasteiger partial charge is 0.253 e. The summed E-state index contributed by atoms with van der Waals surface area (Å²) in [6, 6.07) is 3.93. The van der Waals surface area contributed by atoms with Crippen LogP contribution in [-0.4, -0.2) is 9.36 Å². The predicted molar refractivity (Wildman–Crippen MR) is 56.1 cm³/mol. The van der Waals surface area contributed by atoms with Gasteiger partial charge in [0, 0.05) is 11.6 Å². The van der Waals surface area contributed by atoms with Crippen molar-refractivity contribution in [1.29, 1.82) is 0 Å². The van der Waals surface area contributed by atoms with Crippen molar-refractivity contribution in [2.45, 2.75) is 26.2 Å². The minimum Gasteiger partial charge on any atom is -0.253 e. The third-order valence-corrected chi connectivity index (χ3v) is 3.19. The van der Waals surface area contributed by atoms with E-state index in [9.17, 15) is 0 Å². The highest BCUT2D eigenvalue weighted by atomic mass is 32.1. The molecular formula is C10H12N2S. The third-order valence-electron chi connectivity index (χ3n) is 1.92. The topological polar surface area (TPSA) is 25.8 Å². The zero-order valence-electron chi connectivity index (χ0n) is 8.03. The fraction of sp³-hybridized carbons (Fsp3) is 0.400. The van der Waals surface area contributed by atoms with Crippen molar-refractivity contribution in [3.8, 4) is 0 Å². The van der Waals surface area contributed by atoms with Gasteiger partial charge in [0.25, 0.3) is 0 Å². The zero-order chi connectivity index (χ0) is 9.47. The maximum Gasteiger partial charge on any atom is 0.105 e. The van der Waals surface area contributed by atoms with Crippen LogP contribution in [0, 0.1) is 0 Å². The molecule has 0 aliphatic heterocycles. The normalized spacial score (nSPS) is 12.2. The molecule has 68 valence electrons. The number of aromatic nitrogens is 2. The van der Waals surface area contributed by atoms with Crippen LogP contribution in [0.2, 0.25) is 0 Å². The molecule has 0 saturated heterocycles. The van der Waals surface area contributed by atoms with Gasteiger partial charge in [0.2, 0.25) is 0 Å². The summed E-state index contributed by atoms with van der Waals surface area (Å²) in [5, 5.41) is 0. The third kappa shape index (κ3) is 1.44. The van der Waals surface area contributed by atoms with Gasteiger partial charge in [-0.2, -0.15) is 4.37 Å². The van der Waals surface area contributed by atoms with Gasteiger partial charge in [-0.15, -0.1) is 0 Å². The minimum absolute atomic E-state index is 0.147. The Bertz CT molecular complexity index is 426. The van der Waals surface area contributed by atoms with Gasteiger partial charge in [-0.05, 0) is 23.7 Å². The van der Waals surface area contributed by atoms with Gasteiger partial charge in [-0.25, -0.2) is 0 Å². The summed E-state index contributed by atoms with van der Waals surface area (Å²) < 4.78 is 4.36. The number of pyridine rings is 1. The lowest BCUT2D eigenvalue weighted by atomic mass is 9.94. The highest BCUT2D eigenvalue weighted by Gasteiger charge is 2.20. The SMILES string of the molecule is CC(C)(C)c1snc2cccnc12. The van der Waals surface area contributed by atoms with Crippen LogP contribution in [0.5, 0.6) is 0 Å². The van der Waals surface area contributed by atoms with Gasteiger partial charge < -0.3 is 0 Å². The van der Waals surface area contributed by atoms with E-state index in [1.54, 1.807) is 11.5 Å². The Kier molecular flexibility index (Phi) is 1.84. The minimum atomic E-state index is 0.147. The average molecular weight is 192 g/mol. The molecule has 0 N–H and O–H groups in total. The van der Waals surface area contributed by atoms with E-state index in [0.29, 0.717) is 0 Å². The Hall–Kier alpha value is -0.960. The number of fused-ring (bicyclic) bond motifs is 1. The standard InChI is InChI=1S/C10H12N2S/c1-10(2,3)9-8-7(12-13-9)5-4-6-11-8/h4-6H,1-3H3. The average Bonchev–Trinajstić information content (AvgIpc) is 2.45. The second-order valence-electron chi connectivity index (χ2n) is 4.13. The summed E-state index contributed by atoms with van der Waals surface area (Å²) >= 11 is 1.56. The van der Waals surface area contributed by atoms with Crippen LogP contribution < -0.4 is 0 Å². The van der Waals surface area contributed by atoms with E-state index in [4.69, 9.17) is 0 Å². The highest BCUT2D eigenvalue weighted by Crippen LogP contribution is 2.31. The van der Waals surface area contributed by atoms with Crippen LogP contribution in [0.15, 0.2) is 18.3 Å². The molecule has 2 nitrogen and oxygen atoms in total. The first-order chi connectivity index (χ1) is 6.09. The molecule has 0 radical (unpaired) electrons. The van der Waals surface area contributed by atoms with Crippen molar-refractivity contribution >= 4 is 22.6 Å². The molecule has 2 heterocycles. The molecule has 3 heteroatoms. The Morgan fingerprint density at radius 2 is 2.08 bits per heavy atom. The summed E-state index contributed by atoms with van der Waals surface area (Å²) in [6.45, 7) is 6.57. The van der Waals surface area contributed by atoms with Gasteiger partial charge in [-0.3, -0.25) is 4.98 Å². The van der Waals surface area contributed by atoms with Gasteiger partial charge in [0.05, 0.1) is 4.88 Å². The fourth-order valence-corrected chi connectivity index (χ4v) is 2.13. The molecule has 0 atom stereocenters. The van der Waals surface area contributed by atoms with E-state index in [0.717, 1.165) is 11.0 Å². The molecule has 0 aliphatic carbocycles. The second-order valence-corrected chi connectivity index (χ2v) is 4.91. The maximum absolute atomic E-state index is 4.36. The van der Waals surface area contributed by atoms with E-state index >= 15 is 0 Å². The van der Waals surface area contributed by atoms with Crippen LogP contribution >= 0.6 is 11.5 Å². The molecular weight excluding hydrogens is 180 g/mol. The summed E-state index contributed by atoms with van der Waals surface area (Å²) in [6.07, 6.45) is 1.83. The molecule has 13 heavy (non-hydrogen) atoms.